The van der Waals surface area contributed by atoms with Crippen LogP contribution >= 0.6 is 11.8 Å². The maximum atomic E-state index is 12.6. The average molecular weight is 343 g/mol. The fourth-order valence-corrected chi connectivity index (χ4v) is 3.61. The van der Waals surface area contributed by atoms with Crippen molar-refractivity contribution in [1.29, 1.82) is 0 Å². The van der Waals surface area contributed by atoms with E-state index in [1.54, 1.807) is 11.8 Å². The Balaban J connectivity index is 1.78. The molecule has 23 heavy (non-hydrogen) atoms. The fourth-order valence-electron chi connectivity index (χ4n) is 2.49. The van der Waals surface area contributed by atoms with Crippen molar-refractivity contribution < 1.29 is 13.2 Å². The van der Waals surface area contributed by atoms with Gasteiger partial charge in [0.1, 0.15) is 6.54 Å². The van der Waals surface area contributed by atoms with Gasteiger partial charge in [-0.15, -0.1) is 16.9 Å². The second kappa shape index (κ2) is 6.48. The van der Waals surface area contributed by atoms with E-state index in [1.807, 2.05) is 18.2 Å². The van der Waals surface area contributed by atoms with Crippen LogP contribution in [0.3, 0.4) is 0 Å². The molecule has 0 fully saturated rings. The molecule has 1 atom stereocenters. The minimum absolute atomic E-state index is 0.212. The monoisotopic (exact) mass is 343 g/mol. The summed E-state index contributed by atoms with van der Waals surface area (Å²) in [5.41, 5.74) is 1.18. The first-order chi connectivity index (χ1) is 10.9. The van der Waals surface area contributed by atoms with Crippen LogP contribution in [0.25, 0.3) is 0 Å². The Morgan fingerprint density at radius 3 is 2.87 bits per heavy atom. The molecule has 0 radical (unpaired) electrons. The van der Waals surface area contributed by atoms with Crippen molar-refractivity contribution in [2.45, 2.75) is 43.7 Å². The standard InChI is InChI=1S/C14H16F3N5S/c1-10-8-23-12-5-3-2-4-11(12)6-21(10)7-13-18-19-20-22(13)9-14(15,16)17/h2-5,10H,6-9H2,1H3/t10-/m0/s1. The molecule has 0 saturated carbocycles. The average Bonchev–Trinajstić information content (AvgIpc) is 2.82. The van der Waals surface area contributed by atoms with Crippen molar-refractivity contribution >= 4 is 11.8 Å². The van der Waals surface area contributed by atoms with E-state index in [2.05, 4.69) is 33.4 Å². The number of hydrogen-bond donors (Lipinski definition) is 0. The van der Waals surface area contributed by atoms with Crippen LogP contribution in [-0.4, -0.2) is 43.1 Å². The molecule has 3 rings (SSSR count). The van der Waals surface area contributed by atoms with Crippen molar-refractivity contribution in [3.8, 4) is 0 Å². The summed E-state index contributed by atoms with van der Waals surface area (Å²) in [6.07, 6.45) is -4.34. The number of alkyl halides is 3. The third-order valence-electron chi connectivity index (χ3n) is 3.73. The Bertz CT molecular complexity index is 672. The smallest absolute Gasteiger partial charge is 0.288 e. The van der Waals surface area contributed by atoms with E-state index >= 15 is 0 Å². The first kappa shape index (κ1) is 16.3. The minimum atomic E-state index is -4.34. The van der Waals surface area contributed by atoms with Crippen LogP contribution in [0.5, 0.6) is 0 Å². The largest absolute Gasteiger partial charge is 0.408 e. The van der Waals surface area contributed by atoms with Crippen LogP contribution in [0, 0.1) is 0 Å². The summed E-state index contributed by atoms with van der Waals surface area (Å²) in [6.45, 7) is 1.86. The molecule has 0 bridgehead atoms. The van der Waals surface area contributed by atoms with Gasteiger partial charge in [-0.05, 0) is 29.0 Å². The van der Waals surface area contributed by atoms with Crippen LogP contribution < -0.4 is 0 Å². The number of tetrazole rings is 1. The van der Waals surface area contributed by atoms with Gasteiger partial charge < -0.3 is 0 Å². The van der Waals surface area contributed by atoms with Gasteiger partial charge in [0.25, 0.3) is 0 Å². The Labute approximate surface area is 135 Å². The Hall–Kier alpha value is -1.61. The van der Waals surface area contributed by atoms with E-state index in [0.717, 1.165) is 10.4 Å². The van der Waals surface area contributed by atoms with Gasteiger partial charge in [-0.1, -0.05) is 18.2 Å². The zero-order chi connectivity index (χ0) is 16.4. The lowest BCUT2D eigenvalue weighted by molar-refractivity contribution is -0.143. The lowest BCUT2D eigenvalue weighted by Crippen LogP contribution is -2.34. The molecule has 2 heterocycles. The summed E-state index contributed by atoms with van der Waals surface area (Å²) < 4.78 is 38.6. The molecule has 1 aromatic heterocycles. The molecule has 5 nitrogen and oxygen atoms in total. The van der Waals surface area contributed by atoms with Crippen LogP contribution in [0.2, 0.25) is 0 Å². The normalized spacial score (nSPS) is 19.4. The molecule has 0 aliphatic carbocycles. The number of thioether (sulfide) groups is 1. The number of halogens is 3. The number of benzene rings is 1. The molecular formula is C14H16F3N5S. The van der Waals surface area contributed by atoms with Crippen molar-refractivity contribution in [1.82, 2.24) is 25.1 Å². The highest BCUT2D eigenvalue weighted by Gasteiger charge is 2.31. The molecule has 1 aromatic carbocycles. The van der Waals surface area contributed by atoms with Crippen molar-refractivity contribution in [2.24, 2.45) is 0 Å². The molecule has 0 spiro atoms. The summed E-state index contributed by atoms with van der Waals surface area (Å²) in [6, 6.07) is 8.30. The third kappa shape index (κ3) is 4.03. The fraction of sp³-hybridized carbons (Fsp3) is 0.500. The number of rotatable bonds is 3. The van der Waals surface area contributed by atoms with Crippen LogP contribution in [-0.2, 0) is 19.6 Å². The number of aromatic nitrogens is 4. The van der Waals surface area contributed by atoms with Gasteiger partial charge in [-0.25, -0.2) is 4.68 Å². The van der Waals surface area contributed by atoms with E-state index in [-0.39, 0.29) is 11.9 Å². The zero-order valence-electron chi connectivity index (χ0n) is 12.5. The molecular weight excluding hydrogens is 327 g/mol. The minimum Gasteiger partial charge on any atom is -0.288 e. The van der Waals surface area contributed by atoms with Crippen LogP contribution in [0.15, 0.2) is 29.2 Å². The SMILES string of the molecule is C[C@H]1CSc2ccccc2CN1Cc1nnnn1CC(F)(F)F. The second-order valence-corrected chi connectivity index (χ2v) is 6.60. The molecule has 0 N–H and O–H groups in total. The van der Waals surface area contributed by atoms with E-state index in [1.165, 1.54) is 10.5 Å². The predicted molar refractivity (Wildman–Crippen MR) is 79.7 cm³/mol. The highest BCUT2D eigenvalue weighted by atomic mass is 32.2. The third-order valence-corrected chi connectivity index (χ3v) is 5.09. The number of nitrogens with zero attached hydrogens (tertiary/aromatic N) is 5. The lowest BCUT2D eigenvalue weighted by Gasteiger charge is -2.26. The van der Waals surface area contributed by atoms with Gasteiger partial charge in [0.2, 0.25) is 0 Å². The maximum absolute atomic E-state index is 12.6. The first-order valence-corrected chi connectivity index (χ1v) is 8.17. The maximum Gasteiger partial charge on any atom is 0.408 e. The quantitative estimate of drug-likeness (QED) is 0.858. The lowest BCUT2D eigenvalue weighted by atomic mass is 10.2. The van der Waals surface area contributed by atoms with Gasteiger partial charge in [0.05, 0.1) is 6.54 Å². The highest BCUT2D eigenvalue weighted by Crippen LogP contribution is 2.30. The van der Waals surface area contributed by atoms with Crippen LogP contribution in [0.4, 0.5) is 13.2 Å². The Kier molecular flexibility index (Phi) is 4.58. The molecule has 0 saturated heterocycles. The molecule has 2 aromatic rings. The molecule has 0 unspecified atom stereocenters. The molecule has 1 aliphatic rings. The summed E-state index contributed by atoms with van der Waals surface area (Å²) in [5.74, 6) is 1.11. The van der Waals surface area contributed by atoms with Crippen molar-refractivity contribution in [3.63, 3.8) is 0 Å². The van der Waals surface area contributed by atoms with E-state index in [0.29, 0.717) is 13.1 Å². The molecule has 1 aliphatic heterocycles. The summed E-state index contributed by atoms with van der Waals surface area (Å²) in [7, 11) is 0. The predicted octanol–water partition coefficient (Wildman–Crippen LogP) is 2.73. The van der Waals surface area contributed by atoms with Crippen molar-refractivity contribution in [3.05, 3.63) is 35.7 Å². The van der Waals surface area contributed by atoms with Gasteiger partial charge in [-0.2, -0.15) is 13.2 Å². The van der Waals surface area contributed by atoms with Gasteiger partial charge in [-0.3, -0.25) is 4.90 Å². The molecule has 0 amide bonds. The van der Waals surface area contributed by atoms with E-state index in [9.17, 15) is 13.2 Å². The topological polar surface area (TPSA) is 46.8 Å². The molecule has 124 valence electrons. The first-order valence-electron chi connectivity index (χ1n) is 7.19. The summed E-state index contributed by atoms with van der Waals surface area (Å²) in [5, 5.41) is 10.6. The van der Waals surface area contributed by atoms with Crippen molar-refractivity contribution in [2.75, 3.05) is 5.75 Å². The number of fused-ring (bicyclic) bond motifs is 1. The summed E-state index contributed by atoms with van der Waals surface area (Å²) >= 11 is 1.77. The van der Waals surface area contributed by atoms with Gasteiger partial charge >= 0.3 is 6.18 Å². The van der Waals surface area contributed by atoms with E-state index < -0.39 is 12.7 Å². The Morgan fingerprint density at radius 2 is 2.09 bits per heavy atom. The van der Waals surface area contributed by atoms with Gasteiger partial charge in [0, 0.05) is 23.2 Å². The van der Waals surface area contributed by atoms with Gasteiger partial charge in [0.15, 0.2) is 5.82 Å². The van der Waals surface area contributed by atoms with E-state index in [4.69, 9.17) is 0 Å². The number of hydrogen-bond acceptors (Lipinski definition) is 5. The Morgan fingerprint density at radius 1 is 1.30 bits per heavy atom. The molecule has 9 heteroatoms. The zero-order valence-corrected chi connectivity index (χ0v) is 13.3. The second-order valence-electron chi connectivity index (χ2n) is 5.54. The van der Waals surface area contributed by atoms with Crippen LogP contribution in [0.1, 0.15) is 18.3 Å². The highest BCUT2D eigenvalue weighted by molar-refractivity contribution is 7.99. The summed E-state index contributed by atoms with van der Waals surface area (Å²) in [4.78, 5) is 3.33.